The lowest BCUT2D eigenvalue weighted by atomic mass is 10.0. The van der Waals surface area contributed by atoms with E-state index >= 15 is 0 Å². The van der Waals surface area contributed by atoms with E-state index in [9.17, 15) is 20.0 Å². The molecule has 1 aromatic carbocycles. The summed E-state index contributed by atoms with van der Waals surface area (Å²) in [5.74, 6) is -0.781. The standard InChI is InChI=1S/C12H14N2O5/c1-12(5-2-6-19-12)11(16)13-8-3-4-10(15)9(7-8)14(17)18/h3-4,7,15H,2,5-6H2,1H3,(H,13,16)/t12-/m0/s1. The molecule has 0 aromatic heterocycles. The second-order valence-corrected chi connectivity index (χ2v) is 4.60. The maximum Gasteiger partial charge on any atom is 0.312 e. The quantitative estimate of drug-likeness (QED) is 0.493. The Bertz CT molecular complexity index is 523. The Morgan fingerprint density at radius 3 is 2.89 bits per heavy atom. The minimum absolute atomic E-state index is 0.256. The molecule has 1 saturated heterocycles. The van der Waals surface area contributed by atoms with Gasteiger partial charge in [-0.05, 0) is 31.9 Å². The number of nitrogens with zero attached hydrogens (tertiary/aromatic N) is 1. The largest absolute Gasteiger partial charge is 0.502 e. The van der Waals surface area contributed by atoms with E-state index in [4.69, 9.17) is 4.74 Å². The van der Waals surface area contributed by atoms with Crippen molar-refractivity contribution in [2.24, 2.45) is 0 Å². The zero-order valence-electron chi connectivity index (χ0n) is 10.4. The number of ether oxygens (including phenoxy) is 1. The molecular formula is C12H14N2O5. The first kappa shape index (κ1) is 13.3. The van der Waals surface area contributed by atoms with Crippen LogP contribution in [0.25, 0.3) is 0 Å². The van der Waals surface area contributed by atoms with Crippen molar-refractivity contribution >= 4 is 17.3 Å². The first-order valence-corrected chi connectivity index (χ1v) is 5.85. The lowest BCUT2D eigenvalue weighted by molar-refractivity contribution is -0.385. The normalized spacial score (nSPS) is 22.2. The molecule has 0 radical (unpaired) electrons. The SMILES string of the molecule is C[C@@]1(C(=O)Nc2ccc(O)c([N+](=O)[O-])c2)CCCO1. The number of rotatable bonds is 3. The number of carbonyl (C=O) groups is 1. The van der Waals surface area contributed by atoms with E-state index in [2.05, 4.69) is 5.32 Å². The van der Waals surface area contributed by atoms with E-state index in [1.165, 1.54) is 12.1 Å². The maximum absolute atomic E-state index is 12.0. The highest BCUT2D eigenvalue weighted by atomic mass is 16.6. The number of anilines is 1. The van der Waals surface area contributed by atoms with Gasteiger partial charge in [0, 0.05) is 18.4 Å². The Hall–Kier alpha value is -2.15. The molecule has 1 atom stereocenters. The molecule has 0 saturated carbocycles. The van der Waals surface area contributed by atoms with Crippen LogP contribution in [0.1, 0.15) is 19.8 Å². The van der Waals surface area contributed by atoms with Gasteiger partial charge in [-0.2, -0.15) is 0 Å². The Kier molecular flexibility index (Phi) is 3.39. The van der Waals surface area contributed by atoms with Crippen molar-refractivity contribution in [3.8, 4) is 5.75 Å². The highest BCUT2D eigenvalue weighted by Gasteiger charge is 2.37. The second-order valence-electron chi connectivity index (χ2n) is 4.60. The van der Waals surface area contributed by atoms with Crippen molar-refractivity contribution in [3.05, 3.63) is 28.3 Å². The molecule has 1 amide bonds. The van der Waals surface area contributed by atoms with Gasteiger partial charge in [-0.3, -0.25) is 14.9 Å². The smallest absolute Gasteiger partial charge is 0.312 e. The number of hydrogen-bond donors (Lipinski definition) is 2. The Labute approximate surface area is 109 Å². The summed E-state index contributed by atoms with van der Waals surface area (Å²) in [6.07, 6.45) is 1.42. The highest BCUT2D eigenvalue weighted by Crippen LogP contribution is 2.30. The third kappa shape index (κ3) is 2.65. The van der Waals surface area contributed by atoms with Gasteiger partial charge in [-0.15, -0.1) is 0 Å². The van der Waals surface area contributed by atoms with Gasteiger partial charge in [0.1, 0.15) is 5.60 Å². The summed E-state index contributed by atoms with van der Waals surface area (Å²) in [7, 11) is 0. The van der Waals surface area contributed by atoms with E-state index in [-0.39, 0.29) is 11.6 Å². The van der Waals surface area contributed by atoms with E-state index in [1.807, 2.05) is 0 Å². The lowest BCUT2D eigenvalue weighted by Crippen LogP contribution is -2.39. The number of nitro groups is 1. The van der Waals surface area contributed by atoms with Crippen molar-refractivity contribution in [1.82, 2.24) is 0 Å². The van der Waals surface area contributed by atoms with Gasteiger partial charge in [-0.1, -0.05) is 0 Å². The molecule has 1 aliphatic heterocycles. The summed E-state index contributed by atoms with van der Waals surface area (Å²) >= 11 is 0. The van der Waals surface area contributed by atoms with Crippen LogP contribution in [0.15, 0.2) is 18.2 Å². The molecule has 0 bridgehead atoms. The molecule has 7 heteroatoms. The molecule has 1 heterocycles. The van der Waals surface area contributed by atoms with E-state index < -0.39 is 22.0 Å². The van der Waals surface area contributed by atoms with Gasteiger partial charge in [0.25, 0.3) is 5.91 Å². The Morgan fingerprint density at radius 1 is 1.58 bits per heavy atom. The minimum atomic E-state index is -0.896. The van der Waals surface area contributed by atoms with Crippen LogP contribution < -0.4 is 5.32 Å². The molecule has 0 spiro atoms. The zero-order valence-corrected chi connectivity index (χ0v) is 10.4. The number of phenolic OH excluding ortho intramolecular Hbond substituents is 1. The third-order valence-electron chi connectivity index (χ3n) is 3.13. The lowest BCUT2D eigenvalue weighted by Gasteiger charge is -2.21. The zero-order chi connectivity index (χ0) is 14.0. The predicted octanol–water partition coefficient (Wildman–Crippen LogP) is 1.81. The molecule has 19 heavy (non-hydrogen) atoms. The summed E-state index contributed by atoms with van der Waals surface area (Å²) in [6, 6.07) is 3.69. The molecular weight excluding hydrogens is 252 g/mol. The summed E-state index contributed by atoms with van der Waals surface area (Å²) in [4.78, 5) is 22.0. The molecule has 2 rings (SSSR count). The molecule has 1 aliphatic rings. The Balaban J connectivity index is 2.17. The van der Waals surface area contributed by atoms with Gasteiger partial charge in [0.05, 0.1) is 4.92 Å². The van der Waals surface area contributed by atoms with E-state index in [0.717, 1.165) is 12.5 Å². The third-order valence-corrected chi connectivity index (χ3v) is 3.13. The average molecular weight is 266 g/mol. The summed E-state index contributed by atoms with van der Waals surface area (Å²) in [5, 5.41) is 22.6. The second kappa shape index (κ2) is 4.85. The average Bonchev–Trinajstić information content (AvgIpc) is 2.79. The summed E-state index contributed by atoms with van der Waals surface area (Å²) < 4.78 is 5.38. The fraction of sp³-hybridized carbons (Fsp3) is 0.417. The number of phenols is 1. The predicted molar refractivity (Wildman–Crippen MR) is 67.0 cm³/mol. The molecule has 0 aliphatic carbocycles. The fourth-order valence-corrected chi connectivity index (χ4v) is 1.97. The molecule has 0 unspecified atom stereocenters. The highest BCUT2D eigenvalue weighted by molar-refractivity contribution is 5.97. The van der Waals surface area contributed by atoms with E-state index in [1.54, 1.807) is 6.92 Å². The number of nitrogens with one attached hydrogen (secondary N) is 1. The van der Waals surface area contributed by atoms with Crippen molar-refractivity contribution in [1.29, 1.82) is 0 Å². The number of nitro benzene ring substituents is 1. The number of amides is 1. The monoisotopic (exact) mass is 266 g/mol. The van der Waals surface area contributed by atoms with Crippen LogP contribution in [0, 0.1) is 10.1 Å². The van der Waals surface area contributed by atoms with Crippen LogP contribution in [0.2, 0.25) is 0 Å². The van der Waals surface area contributed by atoms with E-state index in [0.29, 0.717) is 13.0 Å². The summed E-state index contributed by atoms with van der Waals surface area (Å²) in [5.41, 5.74) is -1.09. The van der Waals surface area contributed by atoms with Crippen LogP contribution in [-0.2, 0) is 9.53 Å². The van der Waals surface area contributed by atoms with Crippen LogP contribution in [-0.4, -0.2) is 28.1 Å². The van der Waals surface area contributed by atoms with Gasteiger partial charge in [0.2, 0.25) is 0 Å². The Morgan fingerprint density at radius 2 is 2.32 bits per heavy atom. The van der Waals surface area contributed by atoms with Crippen molar-refractivity contribution in [2.75, 3.05) is 11.9 Å². The number of hydrogen-bond acceptors (Lipinski definition) is 5. The van der Waals surface area contributed by atoms with Gasteiger partial charge in [-0.25, -0.2) is 0 Å². The number of aromatic hydroxyl groups is 1. The number of benzene rings is 1. The first-order valence-electron chi connectivity index (χ1n) is 5.85. The topological polar surface area (TPSA) is 102 Å². The summed E-state index contributed by atoms with van der Waals surface area (Å²) in [6.45, 7) is 2.21. The number of carbonyl (C=O) groups excluding carboxylic acids is 1. The van der Waals surface area contributed by atoms with Gasteiger partial charge >= 0.3 is 5.69 Å². The fourth-order valence-electron chi connectivity index (χ4n) is 1.97. The van der Waals surface area contributed by atoms with Crippen molar-refractivity contribution in [2.45, 2.75) is 25.4 Å². The first-order chi connectivity index (χ1) is 8.92. The maximum atomic E-state index is 12.0. The molecule has 7 nitrogen and oxygen atoms in total. The van der Waals surface area contributed by atoms with Crippen molar-refractivity contribution < 1.29 is 19.6 Å². The van der Waals surface area contributed by atoms with Crippen LogP contribution in [0.4, 0.5) is 11.4 Å². The van der Waals surface area contributed by atoms with Gasteiger partial charge in [0.15, 0.2) is 5.75 Å². The minimum Gasteiger partial charge on any atom is -0.502 e. The molecule has 2 N–H and O–H groups in total. The molecule has 1 aromatic rings. The van der Waals surface area contributed by atoms with Crippen LogP contribution >= 0.6 is 0 Å². The van der Waals surface area contributed by atoms with Gasteiger partial charge < -0.3 is 15.2 Å². The molecule has 102 valence electrons. The van der Waals surface area contributed by atoms with Crippen LogP contribution in [0.5, 0.6) is 5.75 Å². The molecule has 1 fully saturated rings. The van der Waals surface area contributed by atoms with Crippen LogP contribution in [0.3, 0.4) is 0 Å². The van der Waals surface area contributed by atoms with Crippen molar-refractivity contribution in [3.63, 3.8) is 0 Å².